The highest BCUT2D eigenvalue weighted by Crippen LogP contribution is 2.16. The van der Waals surface area contributed by atoms with E-state index in [1.807, 2.05) is 18.2 Å². The third-order valence-corrected chi connectivity index (χ3v) is 2.99. The van der Waals surface area contributed by atoms with Crippen LogP contribution >= 0.6 is 0 Å². The Bertz CT molecular complexity index is 627. The molecule has 0 atom stereocenters. The zero-order valence-electron chi connectivity index (χ0n) is 9.87. The monoisotopic (exact) mass is 263 g/mol. The van der Waals surface area contributed by atoms with Gasteiger partial charge >= 0.3 is 0 Å². The summed E-state index contributed by atoms with van der Waals surface area (Å²) >= 11 is 0. The summed E-state index contributed by atoms with van der Waals surface area (Å²) in [7, 11) is -3.18. The lowest BCUT2D eigenvalue weighted by molar-refractivity contribution is 0.587. The van der Waals surface area contributed by atoms with Crippen molar-refractivity contribution in [3.05, 3.63) is 48.4 Å². The number of aromatic nitrogens is 2. The normalized spacial score (nSPS) is 11.4. The molecule has 94 valence electrons. The van der Waals surface area contributed by atoms with Crippen molar-refractivity contribution >= 4 is 10.0 Å². The summed E-state index contributed by atoms with van der Waals surface area (Å²) in [5, 5.41) is 0. The molecule has 2 rings (SSSR count). The molecule has 0 bridgehead atoms. The van der Waals surface area contributed by atoms with E-state index >= 15 is 0 Å². The highest BCUT2D eigenvalue weighted by Gasteiger charge is 2.03. The van der Waals surface area contributed by atoms with Gasteiger partial charge in [-0.25, -0.2) is 13.1 Å². The summed E-state index contributed by atoms with van der Waals surface area (Å²) in [5.41, 5.74) is 2.53. The molecule has 0 aliphatic rings. The van der Waals surface area contributed by atoms with Gasteiger partial charge in [0.2, 0.25) is 10.0 Å². The van der Waals surface area contributed by atoms with Crippen LogP contribution in [0, 0.1) is 0 Å². The van der Waals surface area contributed by atoms with Crippen LogP contribution in [0.3, 0.4) is 0 Å². The molecule has 0 aliphatic carbocycles. The van der Waals surface area contributed by atoms with E-state index in [9.17, 15) is 8.42 Å². The van der Waals surface area contributed by atoms with Crippen LogP contribution in [0.2, 0.25) is 0 Å². The Morgan fingerprint density at radius 1 is 1.28 bits per heavy atom. The lowest BCUT2D eigenvalue weighted by atomic mass is 10.1. The van der Waals surface area contributed by atoms with E-state index in [0.29, 0.717) is 0 Å². The molecule has 2 heterocycles. The predicted molar refractivity (Wildman–Crippen MR) is 69.2 cm³/mol. The Morgan fingerprint density at radius 2 is 2.11 bits per heavy atom. The third kappa shape index (κ3) is 3.61. The summed E-state index contributed by atoms with van der Waals surface area (Å²) in [4.78, 5) is 8.26. The fourth-order valence-electron chi connectivity index (χ4n) is 1.47. The van der Waals surface area contributed by atoms with E-state index in [1.54, 1.807) is 24.7 Å². The number of nitrogens with one attached hydrogen (secondary N) is 1. The highest BCUT2D eigenvalue weighted by atomic mass is 32.2. The van der Waals surface area contributed by atoms with E-state index < -0.39 is 10.0 Å². The SMILES string of the molecule is CS(=O)(=O)NCc1ccnc(-c2cccnc2)c1. The Kier molecular flexibility index (Phi) is 3.69. The van der Waals surface area contributed by atoms with E-state index in [2.05, 4.69) is 14.7 Å². The fraction of sp³-hybridized carbons (Fsp3) is 0.167. The molecule has 0 fully saturated rings. The summed E-state index contributed by atoms with van der Waals surface area (Å²) < 4.78 is 24.5. The molecule has 0 aliphatic heterocycles. The molecule has 0 aromatic carbocycles. The van der Waals surface area contributed by atoms with Crippen molar-refractivity contribution < 1.29 is 8.42 Å². The van der Waals surface area contributed by atoms with Gasteiger partial charge in [0.1, 0.15) is 0 Å². The first-order valence-electron chi connectivity index (χ1n) is 5.34. The Morgan fingerprint density at radius 3 is 2.78 bits per heavy atom. The molecule has 2 aromatic rings. The molecule has 0 spiro atoms. The molecule has 0 unspecified atom stereocenters. The molecule has 0 radical (unpaired) electrons. The van der Waals surface area contributed by atoms with Crippen LogP contribution in [0.25, 0.3) is 11.3 Å². The average Bonchev–Trinajstić information content (AvgIpc) is 2.37. The molecule has 0 amide bonds. The lowest BCUT2D eigenvalue weighted by Crippen LogP contribution is -2.21. The van der Waals surface area contributed by atoms with Crippen molar-refractivity contribution in [2.45, 2.75) is 6.54 Å². The average molecular weight is 263 g/mol. The first-order chi connectivity index (χ1) is 8.54. The van der Waals surface area contributed by atoms with Gasteiger partial charge in [-0.05, 0) is 29.8 Å². The standard InChI is InChI=1S/C12H13N3O2S/c1-18(16,17)15-8-10-4-6-14-12(7-10)11-3-2-5-13-9-11/h2-7,9,15H,8H2,1H3. The zero-order chi connectivity index (χ0) is 13.0. The highest BCUT2D eigenvalue weighted by molar-refractivity contribution is 7.88. The molecule has 5 nitrogen and oxygen atoms in total. The maximum absolute atomic E-state index is 11.0. The Hall–Kier alpha value is -1.79. The number of rotatable bonds is 4. The van der Waals surface area contributed by atoms with Crippen molar-refractivity contribution in [2.75, 3.05) is 6.26 Å². The van der Waals surface area contributed by atoms with Crippen molar-refractivity contribution in [3.8, 4) is 11.3 Å². The van der Waals surface area contributed by atoms with Crippen LogP contribution in [0.15, 0.2) is 42.9 Å². The van der Waals surface area contributed by atoms with E-state index in [4.69, 9.17) is 0 Å². The number of pyridine rings is 2. The second kappa shape index (κ2) is 5.24. The quantitative estimate of drug-likeness (QED) is 0.899. The molecule has 18 heavy (non-hydrogen) atoms. The van der Waals surface area contributed by atoms with Gasteiger partial charge in [0.05, 0.1) is 11.9 Å². The summed E-state index contributed by atoms with van der Waals surface area (Å²) in [6, 6.07) is 7.36. The molecule has 0 saturated heterocycles. The molecular formula is C12H13N3O2S. The van der Waals surface area contributed by atoms with Crippen LogP contribution in [0.4, 0.5) is 0 Å². The molecule has 2 aromatic heterocycles. The summed E-state index contributed by atoms with van der Waals surface area (Å²) in [5.74, 6) is 0. The fourth-order valence-corrected chi connectivity index (χ4v) is 1.90. The largest absolute Gasteiger partial charge is 0.264 e. The minimum atomic E-state index is -3.18. The smallest absolute Gasteiger partial charge is 0.209 e. The second-order valence-corrected chi connectivity index (χ2v) is 5.72. The van der Waals surface area contributed by atoms with Crippen molar-refractivity contribution in [3.63, 3.8) is 0 Å². The van der Waals surface area contributed by atoms with E-state index in [-0.39, 0.29) is 6.54 Å². The number of sulfonamides is 1. The maximum Gasteiger partial charge on any atom is 0.209 e. The first kappa shape index (κ1) is 12.7. The van der Waals surface area contributed by atoms with Crippen molar-refractivity contribution in [2.24, 2.45) is 0 Å². The Balaban J connectivity index is 2.21. The molecular weight excluding hydrogens is 250 g/mol. The zero-order valence-corrected chi connectivity index (χ0v) is 10.7. The lowest BCUT2D eigenvalue weighted by Gasteiger charge is -2.05. The third-order valence-electron chi connectivity index (χ3n) is 2.32. The minimum absolute atomic E-state index is 0.259. The van der Waals surface area contributed by atoms with Crippen molar-refractivity contribution in [1.29, 1.82) is 0 Å². The van der Waals surface area contributed by atoms with Gasteiger partial charge < -0.3 is 0 Å². The van der Waals surface area contributed by atoms with Crippen LogP contribution in [0.5, 0.6) is 0 Å². The number of hydrogen-bond donors (Lipinski definition) is 1. The number of nitrogens with zero attached hydrogens (tertiary/aromatic N) is 2. The van der Waals surface area contributed by atoms with E-state index in [1.165, 1.54) is 0 Å². The van der Waals surface area contributed by atoms with Gasteiger partial charge in [0.25, 0.3) is 0 Å². The summed E-state index contributed by atoms with van der Waals surface area (Å²) in [6.07, 6.45) is 6.20. The summed E-state index contributed by atoms with van der Waals surface area (Å²) in [6.45, 7) is 0.259. The van der Waals surface area contributed by atoms with Gasteiger partial charge in [-0.2, -0.15) is 0 Å². The van der Waals surface area contributed by atoms with Gasteiger partial charge in [0, 0.05) is 30.7 Å². The van der Waals surface area contributed by atoms with Gasteiger partial charge in [-0.15, -0.1) is 0 Å². The van der Waals surface area contributed by atoms with Gasteiger partial charge in [-0.1, -0.05) is 0 Å². The van der Waals surface area contributed by atoms with Crippen LogP contribution in [0.1, 0.15) is 5.56 Å². The van der Waals surface area contributed by atoms with Crippen LogP contribution in [-0.2, 0) is 16.6 Å². The molecule has 1 N–H and O–H groups in total. The maximum atomic E-state index is 11.0. The van der Waals surface area contributed by atoms with Crippen molar-refractivity contribution in [1.82, 2.24) is 14.7 Å². The number of hydrogen-bond acceptors (Lipinski definition) is 4. The predicted octanol–water partition coefficient (Wildman–Crippen LogP) is 1.19. The minimum Gasteiger partial charge on any atom is -0.264 e. The van der Waals surface area contributed by atoms with Crippen LogP contribution in [-0.4, -0.2) is 24.6 Å². The second-order valence-electron chi connectivity index (χ2n) is 3.88. The molecule has 0 saturated carbocycles. The Labute approximate surface area is 106 Å². The van der Waals surface area contributed by atoms with Gasteiger partial charge in [0.15, 0.2) is 0 Å². The van der Waals surface area contributed by atoms with Crippen LogP contribution < -0.4 is 4.72 Å². The van der Waals surface area contributed by atoms with Gasteiger partial charge in [-0.3, -0.25) is 9.97 Å². The van der Waals surface area contributed by atoms with E-state index in [0.717, 1.165) is 23.1 Å². The first-order valence-corrected chi connectivity index (χ1v) is 7.24. The molecule has 6 heteroatoms. The topological polar surface area (TPSA) is 72.0 Å².